The molecule has 0 aromatic heterocycles. The highest BCUT2D eigenvalue weighted by Gasteiger charge is 2.19. The molecule has 0 atom stereocenters. The van der Waals surface area contributed by atoms with Gasteiger partial charge in [-0.25, -0.2) is 0 Å². The van der Waals surface area contributed by atoms with Crippen LogP contribution in [-0.4, -0.2) is 79.3 Å². The number of carbonyl (C=O) groups is 2. The molecule has 1 aliphatic heterocycles. The molecule has 1 fully saturated rings. The van der Waals surface area contributed by atoms with Gasteiger partial charge in [-0.05, 0) is 6.42 Å². The first-order valence-electron chi connectivity index (χ1n) is 6.13. The summed E-state index contributed by atoms with van der Waals surface area (Å²) in [5, 5.41) is 8.72. The maximum atomic E-state index is 11.8. The van der Waals surface area contributed by atoms with E-state index in [1.165, 1.54) is 0 Å². The Morgan fingerprint density at radius 2 is 2.00 bits per heavy atom. The van der Waals surface area contributed by atoms with E-state index in [-0.39, 0.29) is 19.1 Å². The lowest BCUT2D eigenvalue weighted by atomic mass is 10.4. The maximum absolute atomic E-state index is 11.8. The third kappa shape index (κ3) is 5.44. The van der Waals surface area contributed by atoms with Crippen LogP contribution in [-0.2, 0) is 14.3 Å². The molecule has 0 bridgehead atoms. The first-order valence-corrected chi connectivity index (χ1v) is 6.13. The average molecular weight is 259 g/mol. The first-order chi connectivity index (χ1) is 8.63. The second-order valence-electron chi connectivity index (χ2n) is 4.25. The molecule has 0 unspecified atom stereocenters. The van der Waals surface area contributed by atoms with Crippen LogP contribution in [0.15, 0.2) is 0 Å². The number of carbonyl (C=O) groups excluding carboxylic acids is 1. The van der Waals surface area contributed by atoms with Gasteiger partial charge in [-0.2, -0.15) is 0 Å². The van der Waals surface area contributed by atoms with Crippen LogP contribution in [0.3, 0.4) is 0 Å². The van der Waals surface area contributed by atoms with Gasteiger partial charge in [-0.15, -0.1) is 0 Å². The minimum Gasteiger partial charge on any atom is -0.480 e. The molecule has 0 aromatic carbocycles. The predicted octanol–water partition coefficient (Wildman–Crippen LogP) is -1.42. The minimum atomic E-state index is -0.832. The third-order valence-corrected chi connectivity index (χ3v) is 2.79. The Bertz CT molecular complexity index is 285. The highest BCUT2D eigenvalue weighted by Crippen LogP contribution is 2.03. The topological polar surface area (TPSA) is 96.1 Å². The van der Waals surface area contributed by atoms with Gasteiger partial charge < -0.3 is 20.5 Å². The standard InChI is InChI=1S/C11H21N3O4/c12-2-7-18-9-10(15)14-4-1-3-13(5-6-14)8-11(16)17/h1-9,12H2,(H,16,17). The fraction of sp³-hybridized carbons (Fsp3) is 0.818. The van der Waals surface area contributed by atoms with Crippen molar-refractivity contribution in [3.63, 3.8) is 0 Å². The van der Waals surface area contributed by atoms with E-state index in [1.807, 2.05) is 4.90 Å². The van der Waals surface area contributed by atoms with Crippen molar-refractivity contribution in [2.24, 2.45) is 5.73 Å². The zero-order valence-corrected chi connectivity index (χ0v) is 10.5. The molecule has 0 radical (unpaired) electrons. The van der Waals surface area contributed by atoms with Gasteiger partial charge in [-0.1, -0.05) is 0 Å². The number of carboxylic acids is 1. The van der Waals surface area contributed by atoms with Crippen LogP contribution in [0.4, 0.5) is 0 Å². The molecule has 7 heteroatoms. The summed E-state index contributed by atoms with van der Waals surface area (Å²) in [6.07, 6.45) is 0.788. The average Bonchev–Trinajstić information content (AvgIpc) is 2.54. The van der Waals surface area contributed by atoms with Crippen LogP contribution in [0.25, 0.3) is 0 Å². The van der Waals surface area contributed by atoms with E-state index in [0.717, 1.165) is 6.42 Å². The lowest BCUT2D eigenvalue weighted by Gasteiger charge is -2.21. The van der Waals surface area contributed by atoms with E-state index in [0.29, 0.717) is 39.3 Å². The van der Waals surface area contributed by atoms with Crippen molar-refractivity contribution < 1.29 is 19.4 Å². The van der Waals surface area contributed by atoms with Crippen molar-refractivity contribution in [3.8, 4) is 0 Å². The van der Waals surface area contributed by atoms with Gasteiger partial charge >= 0.3 is 5.97 Å². The van der Waals surface area contributed by atoms with E-state index in [9.17, 15) is 9.59 Å². The van der Waals surface area contributed by atoms with E-state index in [4.69, 9.17) is 15.6 Å². The van der Waals surface area contributed by atoms with Gasteiger partial charge in [0.05, 0.1) is 13.2 Å². The van der Waals surface area contributed by atoms with Crippen molar-refractivity contribution in [2.45, 2.75) is 6.42 Å². The Labute approximate surface area is 106 Å². The summed E-state index contributed by atoms with van der Waals surface area (Å²) in [6, 6.07) is 0. The summed E-state index contributed by atoms with van der Waals surface area (Å²) in [5.41, 5.74) is 5.27. The highest BCUT2D eigenvalue weighted by molar-refractivity contribution is 5.77. The zero-order chi connectivity index (χ0) is 13.4. The normalized spacial score (nSPS) is 17.5. The number of carboxylic acid groups (broad SMARTS) is 1. The van der Waals surface area contributed by atoms with E-state index in [1.54, 1.807) is 4.90 Å². The summed E-state index contributed by atoms with van der Waals surface area (Å²) < 4.78 is 5.11. The minimum absolute atomic E-state index is 0.0334. The fourth-order valence-corrected chi connectivity index (χ4v) is 1.90. The summed E-state index contributed by atoms with van der Waals surface area (Å²) in [5.74, 6) is -0.887. The molecule has 1 rings (SSSR count). The smallest absolute Gasteiger partial charge is 0.317 e. The number of rotatable bonds is 6. The maximum Gasteiger partial charge on any atom is 0.317 e. The second kappa shape index (κ2) is 8.02. The number of aliphatic carboxylic acids is 1. The lowest BCUT2D eigenvalue weighted by molar-refractivity contribution is -0.138. The SMILES string of the molecule is NCCOCC(=O)N1CCCN(CC(=O)O)CC1. The van der Waals surface area contributed by atoms with Crippen LogP contribution in [0.5, 0.6) is 0 Å². The van der Waals surface area contributed by atoms with Crippen LogP contribution >= 0.6 is 0 Å². The molecule has 0 saturated carbocycles. The quantitative estimate of drug-likeness (QED) is 0.568. The third-order valence-electron chi connectivity index (χ3n) is 2.79. The summed E-state index contributed by atoms with van der Waals surface area (Å²) >= 11 is 0. The number of nitrogens with two attached hydrogens (primary N) is 1. The van der Waals surface area contributed by atoms with Crippen molar-refractivity contribution in [1.82, 2.24) is 9.80 Å². The van der Waals surface area contributed by atoms with Gasteiger partial charge in [0.25, 0.3) is 0 Å². The van der Waals surface area contributed by atoms with Crippen molar-refractivity contribution in [2.75, 3.05) is 52.5 Å². The summed E-state index contributed by atoms with van der Waals surface area (Å²) in [6.45, 7) is 3.37. The van der Waals surface area contributed by atoms with Gasteiger partial charge in [0.1, 0.15) is 6.61 Å². The Hall–Kier alpha value is -1.18. The zero-order valence-electron chi connectivity index (χ0n) is 10.5. The summed E-state index contributed by atoms with van der Waals surface area (Å²) in [4.78, 5) is 26.0. The number of ether oxygens (including phenoxy) is 1. The molecule has 104 valence electrons. The molecular weight excluding hydrogens is 238 g/mol. The van der Waals surface area contributed by atoms with E-state index in [2.05, 4.69) is 0 Å². The number of hydrogen-bond acceptors (Lipinski definition) is 5. The molecule has 1 aliphatic rings. The Morgan fingerprint density at radius 3 is 2.67 bits per heavy atom. The predicted molar refractivity (Wildman–Crippen MR) is 65.1 cm³/mol. The largest absolute Gasteiger partial charge is 0.480 e. The van der Waals surface area contributed by atoms with Crippen molar-refractivity contribution in [1.29, 1.82) is 0 Å². The Balaban J connectivity index is 2.32. The van der Waals surface area contributed by atoms with Crippen molar-refractivity contribution >= 4 is 11.9 Å². The van der Waals surface area contributed by atoms with Crippen LogP contribution in [0, 0.1) is 0 Å². The lowest BCUT2D eigenvalue weighted by Crippen LogP contribution is -2.38. The molecule has 7 nitrogen and oxygen atoms in total. The number of amides is 1. The molecule has 0 aromatic rings. The van der Waals surface area contributed by atoms with Crippen LogP contribution < -0.4 is 5.73 Å². The fourth-order valence-electron chi connectivity index (χ4n) is 1.90. The number of nitrogens with zero attached hydrogens (tertiary/aromatic N) is 2. The molecule has 1 heterocycles. The van der Waals surface area contributed by atoms with E-state index < -0.39 is 5.97 Å². The van der Waals surface area contributed by atoms with E-state index >= 15 is 0 Å². The Kier molecular flexibility index (Phi) is 6.63. The highest BCUT2D eigenvalue weighted by atomic mass is 16.5. The van der Waals surface area contributed by atoms with Gasteiger partial charge in [0, 0.05) is 32.7 Å². The molecule has 0 spiro atoms. The molecule has 3 N–H and O–H groups in total. The monoisotopic (exact) mass is 259 g/mol. The van der Waals surface area contributed by atoms with Crippen LogP contribution in [0.2, 0.25) is 0 Å². The molecule has 18 heavy (non-hydrogen) atoms. The molecule has 0 aliphatic carbocycles. The van der Waals surface area contributed by atoms with Gasteiger partial charge in [-0.3, -0.25) is 14.5 Å². The van der Waals surface area contributed by atoms with Gasteiger partial charge in [0.15, 0.2) is 0 Å². The van der Waals surface area contributed by atoms with Gasteiger partial charge in [0.2, 0.25) is 5.91 Å². The first kappa shape index (κ1) is 14.9. The second-order valence-corrected chi connectivity index (χ2v) is 4.25. The van der Waals surface area contributed by atoms with Crippen LogP contribution in [0.1, 0.15) is 6.42 Å². The van der Waals surface area contributed by atoms with Crippen molar-refractivity contribution in [3.05, 3.63) is 0 Å². The molecular formula is C11H21N3O4. The molecule has 1 saturated heterocycles. The summed E-state index contributed by atoms with van der Waals surface area (Å²) in [7, 11) is 0. The molecule has 1 amide bonds. The number of hydrogen-bond donors (Lipinski definition) is 2. The Morgan fingerprint density at radius 1 is 1.22 bits per heavy atom.